The number of piperidine rings is 1. The second-order valence-corrected chi connectivity index (χ2v) is 8.58. The van der Waals surface area contributed by atoms with E-state index in [0.29, 0.717) is 55.1 Å². The average Bonchev–Trinajstić information content (AvgIpc) is 3.46. The van der Waals surface area contributed by atoms with Gasteiger partial charge >= 0.3 is 0 Å². The van der Waals surface area contributed by atoms with Crippen molar-refractivity contribution in [3.63, 3.8) is 0 Å². The molecule has 1 atom stereocenters. The zero-order valence-corrected chi connectivity index (χ0v) is 18.1. The molecule has 1 fully saturated rings. The van der Waals surface area contributed by atoms with Crippen LogP contribution in [0.15, 0.2) is 47.6 Å². The lowest BCUT2D eigenvalue weighted by atomic mass is 9.96. The molecule has 0 aliphatic carbocycles. The number of fused-ring (bicyclic) bond motifs is 1. The van der Waals surface area contributed by atoms with Crippen molar-refractivity contribution in [2.75, 3.05) is 26.4 Å². The van der Waals surface area contributed by atoms with Crippen LogP contribution in [-0.4, -0.2) is 53.9 Å². The molecule has 2 amide bonds. The lowest BCUT2D eigenvalue weighted by molar-refractivity contribution is -0.134. The number of hydrazone groups is 1. The summed E-state index contributed by atoms with van der Waals surface area (Å²) in [5, 5.41) is 6.12. The summed E-state index contributed by atoms with van der Waals surface area (Å²) in [6.07, 6.45) is 1.75. The van der Waals surface area contributed by atoms with E-state index in [1.54, 1.807) is 12.1 Å². The topological polar surface area (TPSA) is 97.5 Å². The van der Waals surface area contributed by atoms with Crippen LogP contribution in [0.25, 0.3) is 0 Å². The number of ether oxygens (including phenoxy) is 2. The van der Waals surface area contributed by atoms with Crippen molar-refractivity contribution >= 4 is 17.5 Å². The summed E-state index contributed by atoms with van der Waals surface area (Å²) in [5.41, 5.74) is 7.59. The maximum atomic E-state index is 13.8. The van der Waals surface area contributed by atoms with Gasteiger partial charge in [-0.2, -0.15) is 5.10 Å². The maximum Gasteiger partial charge on any atom is 0.257 e. The molecule has 0 aromatic heterocycles. The largest absolute Gasteiger partial charge is 0.454 e. The molecule has 0 saturated carbocycles. The average molecular weight is 452 g/mol. The molecule has 0 radical (unpaired) electrons. The highest BCUT2D eigenvalue weighted by Crippen LogP contribution is 2.39. The van der Waals surface area contributed by atoms with Crippen molar-refractivity contribution in [2.24, 2.45) is 16.8 Å². The number of primary amides is 1. The molecule has 9 heteroatoms. The predicted octanol–water partition coefficient (Wildman–Crippen LogP) is 2.43. The van der Waals surface area contributed by atoms with Crippen LogP contribution in [0, 0.1) is 11.7 Å². The van der Waals surface area contributed by atoms with Crippen LogP contribution in [0.5, 0.6) is 11.5 Å². The third-order valence-corrected chi connectivity index (χ3v) is 6.45. The highest BCUT2D eigenvalue weighted by atomic mass is 19.1. The van der Waals surface area contributed by atoms with E-state index in [0.717, 1.165) is 5.56 Å². The number of carbonyl (C=O) groups is 2. The quantitative estimate of drug-likeness (QED) is 0.752. The van der Waals surface area contributed by atoms with E-state index < -0.39 is 0 Å². The highest BCUT2D eigenvalue weighted by Gasteiger charge is 2.35. The van der Waals surface area contributed by atoms with Crippen molar-refractivity contribution in [3.8, 4) is 11.5 Å². The van der Waals surface area contributed by atoms with Gasteiger partial charge in [0.25, 0.3) is 5.91 Å². The first-order valence-corrected chi connectivity index (χ1v) is 11.0. The summed E-state index contributed by atoms with van der Waals surface area (Å²) in [6, 6.07) is 11.5. The van der Waals surface area contributed by atoms with Gasteiger partial charge < -0.3 is 15.2 Å². The van der Waals surface area contributed by atoms with Crippen LogP contribution in [0.1, 0.15) is 36.4 Å². The number of likely N-dealkylation sites (tertiary alicyclic amines) is 1. The van der Waals surface area contributed by atoms with Crippen LogP contribution in [-0.2, 0) is 9.59 Å². The molecule has 1 unspecified atom stereocenters. The monoisotopic (exact) mass is 452 g/mol. The van der Waals surface area contributed by atoms with E-state index in [1.807, 2.05) is 23.1 Å². The molecule has 2 aromatic carbocycles. The highest BCUT2D eigenvalue weighted by molar-refractivity contribution is 6.03. The summed E-state index contributed by atoms with van der Waals surface area (Å²) in [7, 11) is 0. The van der Waals surface area contributed by atoms with Gasteiger partial charge in [-0.05, 0) is 55.8 Å². The Kier molecular flexibility index (Phi) is 5.72. The molecular weight excluding hydrogens is 427 g/mol. The van der Waals surface area contributed by atoms with Crippen molar-refractivity contribution in [1.29, 1.82) is 0 Å². The van der Waals surface area contributed by atoms with Crippen molar-refractivity contribution in [2.45, 2.75) is 25.3 Å². The molecule has 5 rings (SSSR count). The van der Waals surface area contributed by atoms with E-state index >= 15 is 0 Å². The summed E-state index contributed by atoms with van der Waals surface area (Å²) in [5.74, 6) is 0.374. The molecule has 3 aliphatic rings. The van der Waals surface area contributed by atoms with Gasteiger partial charge in [0, 0.05) is 17.9 Å². The Morgan fingerprint density at radius 2 is 1.88 bits per heavy atom. The van der Waals surface area contributed by atoms with Gasteiger partial charge in [0.2, 0.25) is 12.7 Å². The number of nitrogens with two attached hydrogens (primary N) is 1. The third-order valence-electron chi connectivity index (χ3n) is 6.45. The first-order valence-electron chi connectivity index (χ1n) is 11.0. The normalized spacial score (nSPS) is 20.7. The fourth-order valence-corrected chi connectivity index (χ4v) is 4.60. The molecule has 0 spiro atoms. The molecule has 0 bridgehead atoms. The molecule has 1 saturated heterocycles. The number of hydrogen-bond donors (Lipinski definition) is 1. The first-order chi connectivity index (χ1) is 16.0. The second kappa shape index (κ2) is 8.82. The first kappa shape index (κ1) is 21.4. The smallest absolute Gasteiger partial charge is 0.257 e. The molecule has 3 heterocycles. The fraction of sp³-hybridized carbons (Fsp3) is 0.375. The predicted molar refractivity (Wildman–Crippen MR) is 118 cm³/mol. The molecule has 2 aromatic rings. The number of amides is 2. The van der Waals surface area contributed by atoms with Crippen molar-refractivity contribution in [1.82, 2.24) is 9.91 Å². The van der Waals surface area contributed by atoms with E-state index in [1.165, 1.54) is 17.1 Å². The Bertz CT molecular complexity index is 1110. The molecular formula is C24H25FN4O4. The van der Waals surface area contributed by atoms with Crippen molar-refractivity contribution in [3.05, 3.63) is 59.4 Å². The van der Waals surface area contributed by atoms with Crippen molar-refractivity contribution < 1.29 is 23.5 Å². The molecule has 33 heavy (non-hydrogen) atoms. The van der Waals surface area contributed by atoms with Gasteiger partial charge in [0.15, 0.2) is 11.5 Å². The van der Waals surface area contributed by atoms with Gasteiger partial charge in [0.05, 0.1) is 18.3 Å². The van der Waals surface area contributed by atoms with Crippen LogP contribution in [0.4, 0.5) is 4.39 Å². The number of carbonyl (C=O) groups excluding carboxylic acids is 2. The second-order valence-electron chi connectivity index (χ2n) is 8.58. The van der Waals surface area contributed by atoms with Gasteiger partial charge in [-0.3, -0.25) is 14.5 Å². The zero-order chi connectivity index (χ0) is 22.9. The van der Waals surface area contributed by atoms with E-state index in [4.69, 9.17) is 15.2 Å². The lowest BCUT2D eigenvalue weighted by Crippen LogP contribution is -2.44. The summed E-state index contributed by atoms with van der Waals surface area (Å²) in [6.45, 7) is 1.61. The Labute approximate surface area is 190 Å². The minimum absolute atomic E-state index is 0.137. The SMILES string of the molecule is NC(=O)C1CCN(CC(=O)N2N=C(c3cccc(F)c3)CC2c2ccc3c(c2)OCO3)CC1. The van der Waals surface area contributed by atoms with Crippen LogP contribution >= 0.6 is 0 Å². The fourth-order valence-electron chi connectivity index (χ4n) is 4.60. The minimum Gasteiger partial charge on any atom is -0.454 e. The Hall–Kier alpha value is -3.46. The summed E-state index contributed by atoms with van der Waals surface area (Å²) < 4.78 is 24.8. The molecule has 2 N–H and O–H groups in total. The summed E-state index contributed by atoms with van der Waals surface area (Å²) >= 11 is 0. The van der Waals surface area contributed by atoms with Gasteiger partial charge in [-0.25, -0.2) is 9.40 Å². The molecule has 172 valence electrons. The standard InChI is InChI=1S/C24H25FN4O4/c25-18-3-1-2-16(10-18)19-12-20(17-4-5-21-22(11-17)33-14-32-21)29(27-19)23(30)13-28-8-6-15(7-9-28)24(26)31/h1-5,10-11,15,20H,6-9,12-14H2,(H2,26,31). The maximum absolute atomic E-state index is 13.8. The van der Waals surface area contributed by atoms with Gasteiger partial charge in [-0.15, -0.1) is 0 Å². The van der Waals surface area contributed by atoms with E-state index in [-0.39, 0.29) is 42.9 Å². The Morgan fingerprint density at radius 1 is 1.09 bits per heavy atom. The number of benzene rings is 2. The van der Waals surface area contributed by atoms with Crippen LogP contribution in [0.2, 0.25) is 0 Å². The Balaban J connectivity index is 1.38. The van der Waals surface area contributed by atoms with Crippen LogP contribution in [0.3, 0.4) is 0 Å². The molecule has 8 nitrogen and oxygen atoms in total. The minimum atomic E-state index is -0.350. The van der Waals surface area contributed by atoms with Gasteiger partial charge in [-0.1, -0.05) is 18.2 Å². The zero-order valence-electron chi connectivity index (χ0n) is 18.1. The number of halogens is 1. The summed E-state index contributed by atoms with van der Waals surface area (Å²) in [4.78, 5) is 26.8. The molecule has 3 aliphatic heterocycles. The lowest BCUT2D eigenvalue weighted by Gasteiger charge is -2.31. The number of hydrogen-bond acceptors (Lipinski definition) is 6. The number of nitrogens with zero attached hydrogens (tertiary/aromatic N) is 3. The third kappa shape index (κ3) is 4.41. The number of rotatable bonds is 5. The van der Waals surface area contributed by atoms with E-state index in [2.05, 4.69) is 5.10 Å². The van der Waals surface area contributed by atoms with Gasteiger partial charge in [0.1, 0.15) is 5.82 Å². The van der Waals surface area contributed by atoms with Crippen LogP contribution < -0.4 is 15.2 Å². The Morgan fingerprint density at radius 3 is 2.64 bits per heavy atom. The van der Waals surface area contributed by atoms with E-state index in [9.17, 15) is 14.0 Å².